The van der Waals surface area contributed by atoms with E-state index in [0.717, 1.165) is 12.8 Å². The molecule has 0 radical (unpaired) electrons. The molecule has 0 saturated carbocycles. The standard InChI is InChI=1S/C20H23N5O3/c1-12(2)25-18-14(11-22-25)13(10-16(23-18)17-7-5-9-28-17)19(26)24-15-6-3-4-8-21-20(15)27/h5,7,9-12,15H,3-4,6,8H2,1-2H3,(H,21,27)(H,24,26). The second-order valence-electron chi connectivity index (χ2n) is 7.27. The number of hydrogen-bond donors (Lipinski definition) is 2. The second kappa shape index (κ2) is 7.46. The van der Waals surface area contributed by atoms with Crippen molar-refractivity contribution in [1.82, 2.24) is 25.4 Å². The number of pyridine rings is 1. The number of rotatable bonds is 4. The van der Waals surface area contributed by atoms with Crippen LogP contribution in [0.2, 0.25) is 0 Å². The van der Waals surface area contributed by atoms with Gasteiger partial charge in [0.1, 0.15) is 11.7 Å². The molecule has 0 spiro atoms. The van der Waals surface area contributed by atoms with E-state index in [0.29, 0.717) is 41.0 Å². The molecule has 8 nitrogen and oxygen atoms in total. The number of nitrogens with one attached hydrogen (secondary N) is 2. The molecule has 2 N–H and O–H groups in total. The number of carbonyl (C=O) groups excluding carboxylic acids is 2. The Hall–Kier alpha value is -3.16. The zero-order valence-corrected chi connectivity index (χ0v) is 15.9. The molecule has 1 unspecified atom stereocenters. The van der Waals surface area contributed by atoms with Gasteiger partial charge in [-0.3, -0.25) is 9.59 Å². The van der Waals surface area contributed by atoms with E-state index < -0.39 is 6.04 Å². The van der Waals surface area contributed by atoms with Crippen molar-refractivity contribution in [2.75, 3.05) is 6.54 Å². The summed E-state index contributed by atoms with van der Waals surface area (Å²) in [6.07, 6.45) is 5.65. The molecule has 8 heteroatoms. The summed E-state index contributed by atoms with van der Waals surface area (Å²) in [4.78, 5) is 30.0. The van der Waals surface area contributed by atoms with Gasteiger partial charge in [-0.25, -0.2) is 9.67 Å². The van der Waals surface area contributed by atoms with Gasteiger partial charge in [-0.2, -0.15) is 5.10 Å². The fraction of sp³-hybridized carbons (Fsp3) is 0.400. The van der Waals surface area contributed by atoms with Crippen LogP contribution in [0.5, 0.6) is 0 Å². The van der Waals surface area contributed by atoms with Gasteiger partial charge in [0.15, 0.2) is 11.4 Å². The summed E-state index contributed by atoms with van der Waals surface area (Å²) in [6.45, 7) is 4.65. The summed E-state index contributed by atoms with van der Waals surface area (Å²) in [7, 11) is 0. The lowest BCUT2D eigenvalue weighted by atomic mass is 10.1. The number of furan rings is 1. The predicted molar refractivity (Wildman–Crippen MR) is 104 cm³/mol. The molecule has 1 saturated heterocycles. The zero-order chi connectivity index (χ0) is 19.7. The van der Waals surface area contributed by atoms with Crippen molar-refractivity contribution in [2.45, 2.75) is 45.2 Å². The Kier molecular flexibility index (Phi) is 4.85. The highest BCUT2D eigenvalue weighted by Gasteiger charge is 2.25. The van der Waals surface area contributed by atoms with Crippen molar-refractivity contribution in [3.63, 3.8) is 0 Å². The van der Waals surface area contributed by atoms with Gasteiger partial charge >= 0.3 is 0 Å². The van der Waals surface area contributed by atoms with E-state index in [2.05, 4.69) is 20.7 Å². The van der Waals surface area contributed by atoms with Crippen LogP contribution in [0.1, 0.15) is 49.5 Å². The fourth-order valence-corrected chi connectivity index (χ4v) is 3.45. The Morgan fingerprint density at radius 3 is 3.00 bits per heavy atom. The van der Waals surface area contributed by atoms with E-state index in [9.17, 15) is 9.59 Å². The van der Waals surface area contributed by atoms with E-state index in [1.165, 1.54) is 0 Å². The molecule has 28 heavy (non-hydrogen) atoms. The number of aromatic nitrogens is 3. The Bertz CT molecular complexity index is 1010. The molecule has 4 heterocycles. The normalized spacial score (nSPS) is 17.5. The highest BCUT2D eigenvalue weighted by Crippen LogP contribution is 2.26. The van der Waals surface area contributed by atoms with Crippen LogP contribution in [-0.4, -0.2) is 39.2 Å². The third kappa shape index (κ3) is 3.37. The summed E-state index contributed by atoms with van der Waals surface area (Å²) in [5.74, 6) is 0.116. The first-order valence-corrected chi connectivity index (χ1v) is 9.55. The number of fused-ring (bicyclic) bond motifs is 1. The quantitative estimate of drug-likeness (QED) is 0.723. The van der Waals surface area contributed by atoms with Crippen LogP contribution in [0.15, 0.2) is 35.1 Å². The number of hydrogen-bond acceptors (Lipinski definition) is 5. The molecule has 4 rings (SSSR count). The molecule has 2 amide bonds. The number of amides is 2. The molecule has 1 aliphatic heterocycles. The van der Waals surface area contributed by atoms with Crippen LogP contribution in [-0.2, 0) is 4.79 Å². The SMILES string of the molecule is CC(C)n1ncc2c(C(=O)NC3CCCCNC3=O)cc(-c3ccco3)nc21. The smallest absolute Gasteiger partial charge is 0.252 e. The highest BCUT2D eigenvalue weighted by molar-refractivity contribution is 6.07. The van der Waals surface area contributed by atoms with Crippen molar-refractivity contribution >= 4 is 22.8 Å². The topological polar surface area (TPSA) is 102 Å². The van der Waals surface area contributed by atoms with Gasteiger partial charge in [0, 0.05) is 12.6 Å². The minimum absolute atomic E-state index is 0.0837. The maximum Gasteiger partial charge on any atom is 0.252 e. The number of carbonyl (C=O) groups is 2. The monoisotopic (exact) mass is 381 g/mol. The van der Waals surface area contributed by atoms with Crippen molar-refractivity contribution in [3.8, 4) is 11.5 Å². The Morgan fingerprint density at radius 1 is 1.39 bits per heavy atom. The van der Waals surface area contributed by atoms with Gasteiger partial charge in [0.05, 0.1) is 23.4 Å². The van der Waals surface area contributed by atoms with Crippen molar-refractivity contribution < 1.29 is 14.0 Å². The van der Waals surface area contributed by atoms with Crippen LogP contribution in [0.3, 0.4) is 0 Å². The summed E-state index contributed by atoms with van der Waals surface area (Å²) in [5, 5.41) is 10.8. The van der Waals surface area contributed by atoms with Gasteiger partial charge in [-0.15, -0.1) is 0 Å². The van der Waals surface area contributed by atoms with Crippen molar-refractivity contribution in [2.24, 2.45) is 0 Å². The van der Waals surface area contributed by atoms with Crippen LogP contribution in [0.25, 0.3) is 22.5 Å². The first kappa shape index (κ1) is 18.2. The summed E-state index contributed by atoms with van der Waals surface area (Å²) in [6, 6.07) is 4.81. The molecule has 1 aliphatic rings. The molecule has 0 bridgehead atoms. The minimum Gasteiger partial charge on any atom is -0.463 e. The molecule has 146 valence electrons. The van der Waals surface area contributed by atoms with Gasteiger partial charge in [-0.05, 0) is 51.3 Å². The largest absolute Gasteiger partial charge is 0.463 e. The van der Waals surface area contributed by atoms with Crippen LogP contribution < -0.4 is 10.6 Å². The maximum absolute atomic E-state index is 13.1. The van der Waals surface area contributed by atoms with Gasteiger partial charge in [0.25, 0.3) is 5.91 Å². The van der Waals surface area contributed by atoms with Gasteiger partial charge in [0.2, 0.25) is 5.91 Å². The van der Waals surface area contributed by atoms with Crippen LogP contribution in [0, 0.1) is 0 Å². The van der Waals surface area contributed by atoms with E-state index in [1.807, 2.05) is 13.8 Å². The fourth-order valence-electron chi connectivity index (χ4n) is 3.45. The molecule has 3 aromatic heterocycles. The lowest BCUT2D eigenvalue weighted by Crippen LogP contribution is -2.45. The van der Waals surface area contributed by atoms with E-state index in [-0.39, 0.29) is 17.9 Å². The van der Waals surface area contributed by atoms with Gasteiger partial charge < -0.3 is 15.1 Å². The molecule has 0 aliphatic carbocycles. The van der Waals surface area contributed by atoms with E-state index in [1.54, 1.807) is 35.3 Å². The first-order chi connectivity index (χ1) is 13.5. The predicted octanol–water partition coefficient (Wildman–Crippen LogP) is 2.67. The lowest BCUT2D eigenvalue weighted by Gasteiger charge is -2.16. The molecule has 0 aromatic carbocycles. The average molecular weight is 381 g/mol. The third-order valence-corrected chi connectivity index (χ3v) is 4.91. The molecule has 3 aromatic rings. The Morgan fingerprint density at radius 2 is 2.25 bits per heavy atom. The molecular formula is C20H23N5O3. The highest BCUT2D eigenvalue weighted by atomic mass is 16.3. The van der Waals surface area contributed by atoms with Crippen molar-refractivity contribution in [3.05, 3.63) is 36.2 Å². The summed E-state index contributed by atoms with van der Waals surface area (Å²) in [5.41, 5.74) is 1.59. The molecule has 1 atom stereocenters. The summed E-state index contributed by atoms with van der Waals surface area (Å²) >= 11 is 0. The summed E-state index contributed by atoms with van der Waals surface area (Å²) < 4.78 is 7.25. The zero-order valence-electron chi connectivity index (χ0n) is 15.9. The Balaban J connectivity index is 1.76. The van der Waals surface area contributed by atoms with E-state index >= 15 is 0 Å². The first-order valence-electron chi connectivity index (χ1n) is 9.55. The molecule has 1 fully saturated rings. The van der Waals surface area contributed by atoms with Crippen LogP contribution >= 0.6 is 0 Å². The molecular weight excluding hydrogens is 358 g/mol. The maximum atomic E-state index is 13.1. The average Bonchev–Trinajstić information content (AvgIpc) is 3.31. The second-order valence-corrected chi connectivity index (χ2v) is 7.27. The number of nitrogens with zero attached hydrogens (tertiary/aromatic N) is 3. The van der Waals surface area contributed by atoms with E-state index in [4.69, 9.17) is 4.42 Å². The van der Waals surface area contributed by atoms with Crippen molar-refractivity contribution in [1.29, 1.82) is 0 Å². The van der Waals surface area contributed by atoms with Crippen LogP contribution in [0.4, 0.5) is 0 Å². The lowest BCUT2D eigenvalue weighted by molar-refractivity contribution is -0.122. The third-order valence-electron chi connectivity index (χ3n) is 4.91. The Labute approximate surface area is 162 Å². The minimum atomic E-state index is -0.537. The van der Waals surface area contributed by atoms with Gasteiger partial charge in [-0.1, -0.05) is 0 Å².